The van der Waals surface area contributed by atoms with Gasteiger partial charge in [0.05, 0.1) is 9.08 Å². The minimum Gasteiger partial charge on any atom is -0.351 e. The van der Waals surface area contributed by atoms with Gasteiger partial charge in [-0.05, 0) is 50.8 Å². The fraction of sp³-hybridized carbons (Fsp3) is 0.417. The molecule has 2 heterocycles. The van der Waals surface area contributed by atoms with Gasteiger partial charge in [-0.1, -0.05) is 0 Å². The van der Waals surface area contributed by atoms with Crippen LogP contribution in [0.15, 0.2) is 15.1 Å². The second-order valence-corrected chi connectivity index (χ2v) is 6.29. The van der Waals surface area contributed by atoms with Crippen LogP contribution in [-0.2, 0) is 4.79 Å². The number of carbonyl (C=O) groups excluding carboxylic acids is 3. The molecule has 1 fully saturated rings. The maximum absolute atomic E-state index is 11.8. The molecule has 1 saturated heterocycles. The standard InChI is InChI=1S/C12H14Br2N4O3/c1-18-11(20)7(17-12(18)21)3-2-4-15-10(19)8-5-6(13)9(14)16-8/h5,7,16H,2-4H2,1H3,(H,15,19)(H,17,21). The lowest BCUT2D eigenvalue weighted by atomic mass is 10.1. The Bertz CT molecular complexity index is 568. The van der Waals surface area contributed by atoms with Crippen LogP contribution in [0, 0.1) is 0 Å². The molecule has 9 heteroatoms. The van der Waals surface area contributed by atoms with Crippen LogP contribution in [0.1, 0.15) is 23.3 Å². The summed E-state index contributed by atoms with van der Waals surface area (Å²) < 4.78 is 1.48. The van der Waals surface area contributed by atoms with Crippen LogP contribution < -0.4 is 10.6 Å². The van der Waals surface area contributed by atoms with Gasteiger partial charge in [0, 0.05) is 13.6 Å². The number of aromatic nitrogens is 1. The Morgan fingerprint density at radius 3 is 2.67 bits per heavy atom. The number of amides is 4. The van der Waals surface area contributed by atoms with E-state index in [1.807, 2.05) is 0 Å². The van der Waals surface area contributed by atoms with Crippen molar-refractivity contribution in [2.45, 2.75) is 18.9 Å². The second kappa shape index (κ2) is 6.61. The Kier molecular flexibility index (Phi) is 5.04. The fourth-order valence-corrected chi connectivity index (χ4v) is 2.62. The monoisotopic (exact) mass is 420 g/mol. The third kappa shape index (κ3) is 3.65. The lowest BCUT2D eigenvalue weighted by Gasteiger charge is -2.08. The molecule has 1 aromatic rings. The maximum Gasteiger partial charge on any atom is 0.324 e. The van der Waals surface area contributed by atoms with E-state index in [9.17, 15) is 14.4 Å². The molecule has 3 N–H and O–H groups in total. The Labute approximate surface area is 138 Å². The first-order valence-corrected chi connectivity index (χ1v) is 7.89. The summed E-state index contributed by atoms with van der Waals surface area (Å²) in [5.41, 5.74) is 0.443. The SMILES string of the molecule is CN1C(=O)NC(CCCNC(=O)c2cc(Br)c(Br)[nH]2)C1=O. The summed E-state index contributed by atoms with van der Waals surface area (Å²) in [5, 5.41) is 5.34. The van der Waals surface area contributed by atoms with E-state index in [1.165, 1.54) is 7.05 Å². The highest BCUT2D eigenvalue weighted by atomic mass is 79.9. The molecule has 0 saturated carbocycles. The van der Waals surface area contributed by atoms with Crippen molar-refractivity contribution < 1.29 is 14.4 Å². The number of hydrogen-bond acceptors (Lipinski definition) is 3. The smallest absolute Gasteiger partial charge is 0.324 e. The van der Waals surface area contributed by atoms with Crippen LogP contribution >= 0.6 is 31.9 Å². The molecular formula is C12H14Br2N4O3. The topological polar surface area (TPSA) is 94.3 Å². The van der Waals surface area contributed by atoms with Crippen LogP contribution in [0.3, 0.4) is 0 Å². The van der Waals surface area contributed by atoms with Crippen LogP contribution in [0.25, 0.3) is 0 Å². The average Bonchev–Trinajstić information content (AvgIpc) is 2.90. The van der Waals surface area contributed by atoms with Gasteiger partial charge in [-0.2, -0.15) is 0 Å². The summed E-state index contributed by atoms with van der Waals surface area (Å²) in [5.74, 6) is -0.455. The quantitative estimate of drug-likeness (QED) is 0.497. The number of H-pyrrole nitrogens is 1. The lowest BCUT2D eigenvalue weighted by molar-refractivity contribution is -0.126. The molecule has 21 heavy (non-hydrogen) atoms. The summed E-state index contributed by atoms with van der Waals surface area (Å²) in [6, 6.07) is 0.804. The van der Waals surface area contributed by atoms with E-state index in [2.05, 4.69) is 47.5 Å². The largest absolute Gasteiger partial charge is 0.351 e. The predicted molar refractivity (Wildman–Crippen MR) is 82.8 cm³/mol. The Morgan fingerprint density at radius 2 is 2.14 bits per heavy atom. The number of rotatable bonds is 5. The molecule has 1 unspecified atom stereocenters. The number of likely N-dealkylation sites (N-methyl/N-ethyl adjacent to an activating group) is 1. The van der Waals surface area contributed by atoms with E-state index in [1.54, 1.807) is 6.07 Å². The zero-order valence-corrected chi connectivity index (χ0v) is 14.4. The zero-order chi connectivity index (χ0) is 15.6. The maximum atomic E-state index is 11.8. The van der Waals surface area contributed by atoms with Gasteiger partial charge in [0.2, 0.25) is 0 Å². The average molecular weight is 422 g/mol. The van der Waals surface area contributed by atoms with Crippen LogP contribution in [0.2, 0.25) is 0 Å². The number of nitrogens with one attached hydrogen (secondary N) is 3. The highest BCUT2D eigenvalue weighted by Gasteiger charge is 2.34. The summed E-state index contributed by atoms with van der Waals surface area (Å²) in [6.45, 7) is 0.427. The molecular weight excluding hydrogens is 408 g/mol. The lowest BCUT2D eigenvalue weighted by Crippen LogP contribution is -2.31. The van der Waals surface area contributed by atoms with Gasteiger partial charge >= 0.3 is 6.03 Å². The first kappa shape index (κ1) is 16.0. The zero-order valence-electron chi connectivity index (χ0n) is 11.2. The van der Waals surface area contributed by atoms with Gasteiger partial charge in [0.15, 0.2) is 0 Å². The van der Waals surface area contributed by atoms with E-state index < -0.39 is 6.04 Å². The Hall–Kier alpha value is -1.35. The van der Waals surface area contributed by atoms with Gasteiger partial charge in [0.1, 0.15) is 11.7 Å². The predicted octanol–water partition coefficient (Wildman–Crippen LogP) is 1.60. The molecule has 1 aliphatic rings. The van der Waals surface area contributed by atoms with Gasteiger partial charge in [-0.25, -0.2) is 4.79 Å². The summed E-state index contributed by atoms with van der Waals surface area (Å²) in [7, 11) is 1.44. The third-order valence-electron chi connectivity index (χ3n) is 3.16. The number of hydrogen-bond donors (Lipinski definition) is 3. The van der Waals surface area contributed by atoms with Crippen LogP contribution in [-0.4, -0.2) is 47.4 Å². The Balaban J connectivity index is 1.74. The molecule has 0 spiro atoms. The van der Waals surface area contributed by atoms with Crippen molar-refractivity contribution in [1.29, 1.82) is 0 Å². The number of imide groups is 1. The van der Waals surface area contributed by atoms with E-state index >= 15 is 0 Å². The molecule has 0 aromatic carbocycles. The fourth-order valence-electron chi connectivity index (χ4n) is 1.97. The number of nitrogens with zero attached hydrogens (tertiary/aromatic N) is 1. The van der Waals surface area contributed by atoms with E-state index in [0.29, 0.717) is 29.7 Å². The summed E-state index contributed by atoms with van der Waals surface area (Å²) >= 11 is 6.55. The van der Waals surface area contributed by atoms with E-state index in [4.69, 9.17) is 0 Å². The minimum absolute atomic E-state index is 0.222. The molecule has 1 atom stereocenters. The van der Waals surface area contributed by atoms with Crippen molar-refractivity contribution >= 4 is 49.7 Å². The Morgan fingerprint density at radius 1 is 1.43 bits per heavy atom. The molecule has 0 bridgehead atoms. The molecule has 1 aromatic heterocycles. The molecule has 1 aliphatic heterocycles. The van der Waals surface area contributed by atoms with Crippen molar-refractivity contribution in [3.05, 3.63) is 20.8 Å². The van der Waals surface area contributed by atoms with Crippen molar-refractivity contribution in [3.63, 3.8) is 0 Å². The van der Waals surface area contributed by atoms with Crippen molar-refractivity contribution in [2.75, 3.05) is 13.6 Å². The number of halogens is 2. The van der Waals surface area contributed by atoms with E-state index in [-0.39, 0.29) is 17.8 Å². The first-order chi connectivity index (χ1) is 9.90. The highest BCUT2D eigenvalue weighted by Crippen LogP contribution is 2.22. The molecule has 2 rings (SSSR count). The van der Waals surface area contributed by atoms with Crippen LogP contribution in [0.4, 0.5) is 4.79 Å². The summed E-state index contributed by atoms with van der Waals surface area (Å²) in [6.07, 6.45) is 1.09. The highest BCUT2D eigenvalue weighted by molar-refractivity contribution is 9.13. The molecule has 7 nitrogen and oxygen atoms in total. The molecule has 114 valence electrons. The number of carbonyl (C=O) groups is 3. The van der Waals surface area contributed by atoms with Crippen molar-refractivity contribution in [1.82, 2.24) is 20.5 Å². The number of urea groups is 1. The van der Waals surface area contributed by atoms with Gasteiger partial charge in [-0.3, -0.25) is 14.5 Å². The summed E-state index contributed by atoms with van der Waals surface area (Å²) in [4.78, 5) is 38.7. The van der Waals surface area contributed by atoms with Gasteiger partial charge in [-0.15, -0.1) is 0 Å². The van der Waals surface area contributed by atoms with Gasteiger partial charge in [0.25, 0.3) is 11.8 Å². The van der Waals surface area contributed by atoms with E-state index in [0.717, 1.165) is 9.37 Å². The molecule has 0 aliphatic carbocycles. The minimum atomic E-state index is -0.492. The van der Waals surface area contributed by atoms with Crippen LogP contribution in [0.5, 0.6) is 0 Å². The number of aromatic amines is 1. The van der Waals surface area contributed by atoms with Crippen molar-refractivity contribution in [2.24, 2.45) is 0 Å². The molecule has 4 amide bonds. The first-order valence-electron chi connectivity index (χ1n) is 6.30. The third-order valence-corrected chi connectivity index (χ3v) is 4.94. The second-order valence-electron chi connectivity index (χ2n) is 4.64. The van der Waals surface area contributed by atoms with Crippen molar-refractivity contribution in [3.8, 4) is 0 Å². The molecule has 0 radical (unpaired) electrons. The normalized spacial score (nSPS) is 18.0. The van der Waals surface area contributed by atoms with Gasteiger partial charge < -0.3 is 15.6 Å².